The van der Waals surface area contributed by atoms with Gasteiger partial charge in [-0.1, -0.05) is 25.1 Å². The van der Waals surface area contributed by atoms with Crippen LogP contribution in [-0.2, 0) is 4.74 Å². The lowest BCUT2D eigenvalue weighted by Gasteiger charge is -2.43. The lowest BCUT2D eigenvalue weighted by molar-refractivity contribution is -0.106. The molecule has 1 fully saturated rings. The predicted molar refractivity (Wildman–Crippen MR) is 73.1 cm³/mol. The fraction of sp³-hybridized carbons (Fsp3) is 0.600. The Kier molecular flexibility index (Phi) is 4.61. The number of rotatable bonds is 6. The van der Waals surface area contributed by atoms with Gasteiger partial charge in [-0.2, -0.15) is 0 Å². The number of aryl methyl sites for hydroxylation is 1. The first-order valence-electron chi connectivity index (χ1n) is 6.77. The number of ether oxygens (including phenoxy) is 2. The van der Waals surface area contributed by atoms with Crippen LogP contribution in [0.1, 0.15) is 25.3 Å². The molecule has 0 heterocycles. The van der Waals surface area contributed by atoms with Crippen molar-refractivity contribution < 1.29 is 9.47 Å². The zero-order valence-corrected chi connectivity index (χ0v) is 11.5. The first-order valence-corrected chi connectivity index (χ1v) is 6.77. The summed E-state index contributed by atoms with van der Waals surface area (Å²) in [6, 6.07) is 8.57. The summed E-state index contributed by atoms with van der Waals surface area (Å²) in [5, 5.41) is 3.29. The fourth-order valence-corrected chi connectivity index (χ4v) is 2.31. The van der Waals surface area contributed by atoms with E-state index in [0.29, 0.717) is 6.04 Å². The Morgan fingerprint density at radius 1 is 1.33 bits per heavy atom. The molecule has 0 bridgehead atoms. The third kappa shape index (κ3) is 2.85. The van der Waals surface area contributed by atoms with E-state index in [9.17, 15) is 0 Å². The maximum absolute atomic E-state index is 6.06. The molecule has 1 N–H and O–H groups in total. The molecule has 0 saturated heterocycles. The Morgan fingerprint density at radius 2 is 2.11 bits per heavy atom. The van der Waals surface area contributed by atoms with Crippen LogP contribution >= 0.6 is 0 Å². The molecule has 0 amide bonds. The van der Waals surface area contributed by atoms with Crippen molar-refractivity contribution in [2.24, 2.45) is 0 Å². The second kappa shape index (κ2) is 6.21. The van der Waals surface area contributed by atoms with Gasteiger partial charge in [-0.25, -0.2) is 0 Å². The van der Waals surface area contributed by atoms with Gasteiger partial charge in [-0.15, -0.1) is 0 Å². The van der Waals surface area contributed by atoms with Crippen molar-refractivity contribution in [3.05, 3.63) is 29.8 Å². The molecule has 1 aromatic rings. The fourth-order valence-electron chi connectivity index (χ4n) is 2.31. The van der Waals surface area contributed by atoms with Gasteiger partial charge < -0.3 is 14.8 Å². The molecule has 100 valence electrons. The van der Waals surface area contributed by atoms with E-state index in [-0.39, 0.29) is 12.2 Å². The molecule has 1 aliphatic carbocycles. The zero-order valence-electron chi connectivity index (χ0n) is 11.5. The van der Waals surface area contributed by atoms with E-state index < -0.39 is 0 Å². The molecule has 3 atom stereocenters. The summed E-state index contributed by atoms with van der Waals surface area (Å²) in [5.41, 5.74) is 1.18. The van der Waals surface area contributed by atoms with Crippen molar-refractivity contribution in [3.8, 4) is 5.75 Å². The summed E-state index contributed by atoms with van der Waals surface area (Å²) in [6.07, 6.45) is 2.41. The van der Waals surface area contributed by atoms with Gasteiger partial charge in [0.2, 0.25) is 0 Å². The Labute approximate surface area is 109 Å². The number of hydrogen-bond donors (Lipinski definition) is 1. The van der Waals surface area contributed by atoms with E-state index in [1.165, 1.54) is 5.56 Å². The number of likely N-dealkylation sites (N-methyl/N-ethyl adjacent to an activating group) is 1. The van der Waals surface area contributed by atoms with Gasteiger partial charge in [0.15, 0.2) is 0 Å². The van der Waals surface area contributed by atoms with Crippen molar-refractivity contribution in [1.82, 2.24) is 5.32 Å². The topological polar surface area (TPSA) is 30.5 Å². The van der Waals surface area contributed by atoms with Gasteiger partial charge in [0.1, 0.15) is 18.0 Å². The van der Waals surface area contributed by atoms with Gasteiger partial charge in [0, 0.05) is 19.1 Å². The first-order chi connectivity index (χ1) is 8.76. The van der Waals surface area contributed by atoms with E-state index in [1.54, 1.807) is 0 Å². The summed E-state index contributed by atoms with van der Waals surface area (Å²) in [5.74, 6) is 0.974. The van der Waals surface area contributed by atoms with Crippen LogP contribution in [0.3, 0.4) is 0 Å². The highest BCUT2D eigenvalue weighted by Gasteiger charge is 2.43. The molecular formula is C15H23NO2. The van der Waals surface area contributed by atoms with E-state index in [0.717, 1.165) is 25.2 Å². The number of nitrogens with one attached hydrogen (secondary N) is 1. The molecule has 2 rings (SSSR count). The highest BCUT2D eigenvalue weighted by atomic mass is 16.5. The van der Waals surface area contributed by atoms with Gasteiger partial charge in [-0.3, -0.25) is 0 Å². The van der Waals surface area contributed by atoms with Crippen LogP contribution in [-0.4, -0.2) is 31.9 Å². The van der Waals surface area contributed by atoms with Gasteiger partial charge in [0.25, 0.3) is 0 Å². The van der Waals surface area contributed by atoms with Crippen molar-refractivity contribution in [1.29, 1.82) is 0 Å². The SMILES string of the molecule is CCCOC1C(NC)CC1Oc1ccccc1C. The molecule has 0 spiro atoms. The molecule has 3 heteroatoms. The van der Waals surface area contributed by atoms with Gasteiger partial charge >= 0.3 is 0 Å². The van der Waals surface area contributed by atoms with Gasteiger partial charge in [0.05, 0.1) is 0 Å². The average Bonchev–Trinajstić information content (AvgIpc) is 2.36. The van der Waals surface area contributed by atoms with Crippen LogP contribution < -0.4 is 10.1 Å². The summed E-state index contributed by atoms with van der Waals surface area (Å²) < 4.78 is 11.9. The Hall–Kier alpha value is -1.06. The number of hydrogen-bond acceptors (Lipinski definition) is 3. The second-order valence-electron chi connectivity index (χ2n) is 4.89. The Morgan fingerprint density at radius 3 is 2.78 bits per heavy atom. The van der Waals surface area contributed by atoms with Crippen molar-refractivity contribution >= 4 is 0 Å². The van der Waals surface area contributed by atoms with Gasteiger partial charge in [-0.05, 0) is 32.0 Å². The largest absolute Gasteiger partial charge is 0.487 e. The standard InChI is InChI=1S/C15H23NO2/c1-4-9-17-15-12(16-3)10-14(15)18-13-8-6-5-7-11(13)2/h5-8,12,14-16H,4,9-10H2,1-3H3. The Balaban J connectivity index is 1.95. The zero-order chi connectivity index (χ0) is 13.0. The van der Waals surface area contributed by atoms with E-state index in [2.05, 4.69) is 25.2 Å². The van der Waals surface area contributed by atoms with Crippen LogP contribution in [0.15, 0.2) is 24.3 Å². The molecule has 0 radical (unpaired) electrons. The van der Waals surface area contributed by atoms with Crippen LogP contribution in [0.4, 0.5) is 0 Å². The minimum Gasteiger partial charge on any atom is -0.487 e. The molecule has 0 aliphatic heterocycles. The summed E-state index contributed by atoms with van der Waals surface area (Å²) in [7, 11) is 1.98. The number of para-hydroxylation sites is 1. The number of benzene rings is 1. The lowest BCUT2D eigenvalue weighted by Crippen LogP contribution is -2.60. The maximum Gasteiger partial charge on any atom is 0.128 e. The molecule has 1 saturated carbocycles. The van der Waals surface area contributed by atoms with E-state index >= 15 is 0 Å². The molecule has 0 aromatic heterocycles. The lowest BCUT2D eigenvalue weighted by atomic mass is 9.85. The third-order valence-corrected chi connectivity index (χ3v) is 3.51. The van der Waals surface area contributed by atoms with E-state index in [4.69, 9.17) is 9.47 Å². The molecule has 3 nitrogen and oxygen atoms in total. The smallest absolute Gasteiger partial charge is 0.128 e. The van der Waals surface area contributed by atoms with Crippen molar-refractivity contribution in [2.45, 2.75) is 44.9 Å². The average molecular weight is 249 g/mol. The molecule has 3 unspecified atom stereocenters. The predicted octanol–water partition coefficient (Wildman–Crippen LogP) is 2.53. The quantitative estimate of drug-likeness (QED) is 0.840. The molecule has 1 aromatic carbocycles. The van der Waals surface area contributed by atoms with Crippen LogP contribution in [0, 0.1) is 6.92 Å². The first kappa shape index (κ1) is 13.4. The maximum atomic E-state index is 6.06. The second-order valence-corrected chi connectivity index (χ2v) is 4.89. The normalized spacial score (nSPS) is 26.7. The highest BCUT2D eigenvalue weighted by molar-refractivity contribution is 5.32. The molecule has 18 heavy (non-hydrogen) atoms. The third-order valence-electron chi connectivity index (χ3n) is 3.51. The van der Waals surface area contributed by atoms with Crippen LogP contribution in [0.2, 0.25) is 0 Å². The van der Waals surface area contributed by atoms with Crippen LogP contribution in [0.25, 0.3) is 0 Å². The molecule has 1 aliphatic rings. The van der Waals surface area contributed by atoms with Crippen molar-refractivity contribution in [2.75, 3.05) is 13.7 Å². The summed E-state index contributed by atoms with van der Waals surface area (Å²) in [6.45, 7) is 5.01. The highest BCUT2D eigenvalue weighted by Crippen LogP contribution is 2.30. The monoisotopic (exact) mass is 249 g/mol. The Bertz CT molecular complexity index is 381. The molecular weight excluding hydrogens is 226 g/mol. The minimum atomic E-state index is 0.176. The van der Waals surface area contributed by atoms with Crippen LogP contribution in [0.5, 0.6) is 5.75 Å². The minimum absolute atomic E-state index is 0.176. The van der Waals surface area contributed by atoms with E-state index in [1.807, 2.05) is 25.2 Å². The summed E-state index contributed by atoms with van der Waals surface area (Å²) >= 11 is 0. The van der Waals surface area contributed by atoms with Crippen molar-refractivity contribution in [3.63, 3.8) is 0 Å². The summed E-state index contributed by atoms with van der Waals surface area (Å²) in [4.78, 5) is 0.